The molecule has 1 atom stereocenters. The third-order valence-corrected chi connectivity index (χ3v) is 9.84. The summed E-state index contributed by atoms with van der Waals surface area (Å²) in [7, 11) is -2.84. The molecule has 0 unspecified atom stereocenters. The summed E-state index contributed by atoms with van der Waals surface area (Å²) in [5, 5.41) is 3.09. The molecule has 10 nitrogen and oxygen atoms in total. The highest BCUT2D eigenvalue weighted by atomic mass is 32.2. The third kappa shape index (κ3) is 7.50. The quantitative estimate of drug-likeness (QED) is 0.307. The molecule has 5 rings (SSSR count). The van der Waals surface area contributed by atoms with Gasteiger partial charge < -0.3 is 24.4 Å². The molecule has 0 radical (unpaired) electrons. The van der Waals surface area contributed by atoms with E-state index in [1.54, 1.807) is 18.2 Å². The van der Waals surface area contributed by atoms with Gasteiger partial charge in [0, 0.05) is 18.7 Å². The Balaban J connectivity index is 1.51. The van der Waals surface area contributed by atoms with Crippen molar-refractivity contribution in [1.29, 1.82) is 0 Å². The van der Waals surface area contributed by atoms with E-state index < -0.39 is 34.3 Å². The summed E-state index contributed by atoms with van der Waals surface area (Å²) in [4.78, 5) is 29.2. The van der Waals surface area contributed by atoms with Gasteiger partial charge in [0.05, 0.1) is 17.7 Å². The molecular weight excluding hydrogens is 601 g/mol. The molecule has 3 aromatic rings. The van der Waals surface area contributed by atoms with Crippen molar-refractivity contribution in [1.82, 2.24) is 10.2 Å². The van der Waals surface area contributed by atoms with Gasteiger partial charge in [0.25, 0.3) is 10.0 Å². The number of nitrogens with zero attached hydrogens (tertiary/aromatic N) is 2. The lowest BCUT2D eigenvalue weighted by Crippen LogP contribution is -2.53. The average molecular weight is 640 g/mol. The summed E-state index contributed by atoms with van der Waals surface area (Å²) in [6, 6.07) is 15.4. The summed E-state index contributed by atoms with van der Waals surface area (Å²) >= 11 is 0. The Kier molecular flexibility index (Phi) is 10.1. The fourth-order valence-electron chi connectivity index (χ4n) is 5.70. The zero-order valence-electron chi connectivity index (χ0n) is 25.4. The number of hydrogen-bond donors (Lipinski definition) is 1. The highest BCUT2D eigenvalue weighted by Crippen LogP contribution is 2.34. The molecule has 45 heavy (non-hydrogen) atoms. The van der Waals surface area contributed by atoms with Gasteiger partial charge in [-0.2, -0.15) is 0 Å². The average Bonchev–Trinajstić information content (AvgIpc) is 3.56. The number of amides is 2. The maximum Gasteiger partial charge on any atom is 0.264 e. The van der Waals surface area contributed by atoms with Gasteiger partial charge in [0.2, 0.25) is 11.8 Å². The van der Waals surface area contributed by atoms with Crippen molar-refractivity contribution < 1.29 is 36.6 Å². The smallest absolute Gasteiger partial charge is 0.264 e. The lowest BCUT2D eigenvalue weighted by molar-refractivity contribution is -0.140. The minimum atomic E-state index is -4.38. The Labute approximate surface area is 263 Å². The van der Waals surface area contributed by atoms with Gasteiger partial charge in [0.15, 0.2) is 11.5 Å². The molecular formula is C33H38FN3O7S. The van der Waals surface area contributed by atoms with Crippen molar-refractivity contribution in [3.05, 3.63) is 78.1 Å². The Morgan fingerprint density at radius 1 is 1.00 bits per heavy atom. The van der Waals surface area contributed by atoms with Crippen molar-refractivity contribution in [2.24, 2.45) is 0 Å². The molecule has 240 valence electrons. The zero-order valence-corrected chi connectivity index (χ0v) is 26.2. The van der Waals surface area contributed by atoms with Crippen LogP contribution < -0.4 is 23.8 Å². The summed E-state index contributed by atoms with van der Waals surface area (Å²) in [6.07, 6.45) is 4.10. The molecule has 1 fully saturated rings. The molecule has 0 saturated heterocycles. The predicted molar refractivity (Wildman–Crippen MR) is 166 cm³/mol. The van der Waals surface area contributed by atoms with E-state index in [1.807, 2.05) is 13.0 Å². The van der Waals surface area contributed by atoms with E-state index in [2.05, 4.69) is 5.32 Å². The molecule has 3 aromatic carbocycles. The minimum Gasteiger partial charge on any atom is -0.497 e. The summed E-state index contributed by atoms with van der Waals surface area (Å²) in [5.74, 6) is -0.191. The van der Waals surface area contributed by atoms with Gasteiger partial charge in [-0.05, 0) is 73.4 Å². The molecule has 12 heteroatoms. The number of fused-ring (bicyclic) bond motifs is 1. The normalized spacial score (nSPS) is 15.3. The monoisotopic (exact) mass is 639 g/mol. The molecule has 2 aliphatic rings. The first-order valence-corrected chi connectivity index (χ1v) is 16.5. The molecule has 1 saturated carbocycles. The number of anilines is 1. The van der Waals surface area contributed by atoms with Gasteiger partial charge >= 0.3 is 0 Å². The van der Waals surface area contributed by atoms with Crippen LogP contribution in [0.4, 0.5) is 10.1 Å². The zero-order chi connectivity index (χ0) is 32.0. The molecule has 0 bridgehead atoms. The molecule has 0 spiro atoms. The maximum atomic E-state index is 14.3. The molecule has 1 aliphatic carbocycles. The van der Waals surface area contributed by atoms with Crippen molar-refractivity contribution >= 4 is 27.5 Å². The predicted octanol–water partition coefficient (Wildman–Crippen LogP) is 4.67. The standard InChI is InChI=1S/C33H38FN3O7S/c1-3-29(33(39)35-25-8-4-5-9-25)36(21-23-7-6-10-27(19-23)42-2)32(38)22-37(26-13-11-24(34)12-14-26)45(40,41)28-15-16-30-31(20-28)44-18-17-43-30/h6-7,10-16,19-20,25,29H,3-5,8-9,17-18,21-22H2,1-2H3,(H,35,39)/t29-/m0/s1. The lowest BCUT2D eigenvalue weighted by atomic mass is 10.1. The lowest BCUT2D eigenvalue weighted by Gasteiger charge is -2.34. The number of methoxy groups -OCH3 is 1. The van der Waals surface area contributed by atoms with E-state index in [4.69, 9.17) is 14.2 Å². The molecule has 1 N–H and O–H groups in total. The van der Waals surface area contributed by atoms with Crippen molar-refractivity contribution in [2.45, 2.75) is 62.6 Å². The van der Waals surface area contributed by atoms with Gasteiger partial charge in [0.1, 0.15) is 37.4 Å². The van der Waals surface area contributed by atoms with Crippen molar-refractivity contribution in [3.8, 4) is 17.2 Å². The minimum absolute atomic E-state index is 0.0339. The fourth-order valence-corrected chi connectivity index (χ4v) is 7.13. The van der Waals surface area contributed by atoms with E-state index in [0.717, 1.165) is 42.1 Å². The van der Waals surface area contributed by atoms with Crippen LogP contribution in [0.3, 0.4) is 0 Å². The van der Waals surface area contributed by atoms with Crippen LogP contribution in [0.2, 0.25) is 0 Å². The molecule has 1 heterocycles. The molecule has 0 aromatic heterocycles. The largest absolute Gasteiger partial charge is 0.497 e. The number of carbonyl (C=O) groups is 2. The second-order valence-electron chi connectivity index (χ2n) is 11.1. The Morgan fingerprint density at radius 2 is 1.71 bits per heavy atom. The van der Waals surface area contributed by atoms with Crippen LogP contribution in [0, 0.1) is 5.82 Å². The van der Waals surface area contributed by atoms with Crippen LogP contribution in [0.5, 0.6) is 17.2 Å². The van der Waals surface area contributed by atoms with Crippen LogP contribution in [0.15, 0.2) is 71.6 Å². The van der Waals surface area contributed by atoms with Gasteiger partial charge in [-0.15, -0.1) is 0 Å². The number of ether oxygens (including phenoxy) is 3. The number of benzene rings is 3. The van der Waals surface area contributed by atoms with Crippen molar-refractivity contribution in [3.63, 3.8) is 0 Å². The van der Waals surface area contributed by atoms with E-state index in [1.165, 1.54) is 42.3 Å². The second kappa shape index (κ2) is 14.2. The van der Waals surface area contributed by atoms with E-state index in [-0.39, 0.29) is 41.4 Å². The second-order valence-corrected chi connectivity index (χ2v) is 12.9. The summed E-state index contributed by atoms with van der Waals surface area (Å²) in [5.41, 5.74) is 0.794. The fraction of sp³-hybridized carbons (Fsp3) is 0.394. The van der Waals surface area contributed by atoms with Crippen LogP contribution in [0.1, 0.15) is 44.6 Å². The van der Waals surface area contributed by atoms with Gasteiger partial charge in [-0.25, -0.2) is 12.8 Å². The topological polar surface area (TPSA) is 114 Å². The summed E-state index contributed by atoms with van der Waals surface area (Å²) in [6.45, 7) is 1.81. The maximum absolute atomic E-state index is 14.3. The highest BCUT2D eigenvalue weighted by molar-refractivity contribution is 7.92. The summed E-state index contributed by atoms with van der Waals surface area (Å²) < 4.78 is 59.7. The number of sulfonamides is 1. The first-order valence-electron chi connectivity index (χ1n) is 15.1. The third-order valence-electron chi connectivity index (χ3n) is 8.07. The van der Waals surface area contributed by atoms with Crippen LogP contribution in [0.25, 0.3) is 0 Å². The molecule has 2 amide bonds. The molecule has 1 aliphatic heterocycles. The Bertz CT molecular complexity index is 1610. The first-order chi connectivity index (χ1) is 21.7. The number of rotatable bonds is 12. The Hall–Kier alpha value is -4.32. The number of nitrogens with one attached hydrogen (secondary N) is 1. The number of halogens is 1. The Morgan fingerprint density at radius 3 is 2.40 bits per heavy atom. The number of carbonyl (C=O) groups excluding carboxylic acids is 2. The first kappa shape index (κ1) is 32.1. The highest BCUT2D eigenvalue weighted by Gasteiger charge is 2.35. The van der Waals surface area contributed by atoms with E-state index in [9.17, 15) is 22.4 Å². The number of hydrogen-bond acceptors (Lipinski definition) is 7. The van der Waals surface area contributed by atoms with E-state index >= 15 is 0 Å². The SMILES string of the molecule is CC[C@@H](C(=O)NC1CCCC1)N(Cc1cccc(OC)c1)C(=O)CN(c1ccc(F)cc1)S(=O)(=O)c1ccc2c(c1)OCCO2. The van der Waals surface area contributed by atoms with Crippen molar-refractivity contribution in [2.75, 3.05) is 31.2 Å². The van der Waals surface area contributed by atoms with Crippen LogP contribution in [-0.4, -0.2) is 64.1 Å². The van der Waals surface area contributed by atoms with Gasteiger partial charge in [-0.1, -0.05) is 31.9 Å². The van der Waals surface area contributed by atoms with E-state index in [0.29, 0.717) is 30.1 Å². The van der Waals surface area contributed by atoms with Crippen LogP contribution in [-0.2, 0) is 26.2 Å². The van der Waals surface area contributed by atoms with Gasteiger partial charge in [-0.3, -0.25) is 13.9 Å². The van der Waals surface area contributed by atoms with Crippen LogP contribution >= 0.6 is 0 Å².